The van der Waals surface area contributed by atoms with Gasteiger partial charge in [-0.3, -0.25) is 0 Å². The fourth-order valence-corrected chi connectivity index (χ4v) is 1.44. The molecule has 0 saturated carbocycles. The Hall–Kier alpha value is -0.860. The molecule has 0 aliphatic heterocycles. The van der Waals surface area contributed by atoms with E-state index in [2.05, 4.69) is 57.3 Å². The summed E-state index contributed by atoms with van der Waals surface area (Å²) in [6, 6.07) is 8.62. The SMILES string of the molecule is CC.CC.CCC(C)(C)OCCNCc1ccc(C)cc1. The van der Waals surface area contributed by atoms with Gasteiger partial charge in [0.2, 0.25) is 0 Å². The van der Waals surface area contributed by atoms with Crippen LogP contribution in [0.5, 0.6) is 0 Å². The molecule has 0 bridgehead atoms. The lowest BCUT2D eigenvalue weighted by atomic mass is 10.1. The summed E-state index contributed by atoms with van der Waals surface area (Å²) in [5.74, 6) is 0. The van der Waals surface area contributed by atoms with Crippen molar-refractivity contribution < 1.29 is 4.74 Å². The van der Waals surface area contributed by atoms with Crippen LogP contribution in [-0.2, 0) is 11.3 Å². The van der Waals surface area contributed by atoms with Gasteiger partial charge >= 0.3 is 0 Å². The summed E-state index contributed by atoms with van der Waals surface area (Å²) in [4.78, 5) is 0. The van der Waals surface area contributed by atoms with Crippen LogP contribution in [-0.4, -0.2) is 18.8 Å². The highest BCUT2D eigenvalue weighted by Crippen LogP contribution is 2.12. The van der Waals surface area contributed by atoms with Crippen molar-refractivity contribution in [3.05, 3.63) is 35.4 Å². The number of nitrogens with one attached hydrogen (secondary N) is 1. The van der Waals surface area contributed by atoms with Gasteiger partial charge in [-0.1, -0.05) is 64.4 Å². The quantitative estimate of drug-likeness (QED) is 0.685. The lowest BCUT2D eigenvalue weighted by Gasteiger charge is -2.23. The minimum absolute atomic E-state index is 0.00550. The lowest BCUT2D eigenvalue weighted by molar-refractivity contribution is -0.0181. The molecule has 0 aliphatic carbocycles. The van der Waals surface area contributed by atoms with E-state index in [-0.39, 0.29) is 5.60 Å². The molecule has 1 N–H and O–H groups in total. The first-order valence-electron chi connectivity index (χ1n) is 8.44. The van der Waals surface area contributed by atoms with Crippen molar-refractivity contribution >= 4 is 0 Å². The van der Waals surface area contributed by atoms with Gasteiger partial charge in [-0.25, -0.2) is 0 Å². The van der Waals surface area contributed by atoms with E-state index in [0.29, 0.717) is 0 Å². The van der Waals surface area contributed by atoms with Gasteiger partial charge in [-0.05, 0) is 32.8 Å². The zero-order chi connectivity index (χ0) is 16.7. The molecule has 1 aromatic rings. The fourth-order valence-electron chi connectivity index (χ4n) is 1.44. The molecule has 0 aliphatic rings. The molecular formula is C19H37NO. The molecule has 0 spiro atoms. The van der Waals surface area contributed by atoms with E-state index in [9.17, 15) is 0 Å². The van der Waals surface area contributed by atoms with Gasteiger partial charge in [-0.2, -0.15) is 0 Å². The molecule has 2 nitrogen and oxygen atoms in total. The van der Waals surface area contributed by atoms with Gasteiger partial charge in [0.05, 0.1) is 12.2 Å². The minimum Gasteiger partial charge on any atom is -0.374 e. The van der Waals surface area contributed by atoms with E-state index in [4.69, 9.17) is 4.74 Å². The highest BCUT2D eigenvalue weighted by Gasteiger charge is 2.14. The summed E-state index contributed by atoms with van der Waals surface area (Å²) in [6.45, 7) is 19.1. The van der Waals surface area contributed by atoms with Crippen molar-refractivity contribution in [1.82, 2.24) is 5.32 Å². The third kappa shape index (κ3) is 12.6. The second kappa shape index (κ2) is 14.1. The molecule has 0 unspecified atom stereocenters. The first-order chi connectivity index (χ1) is 10.0. The van der Waals surface area contributed by atoms with Gasteiger partial charge in [0.25, 0.3) is 0 Å². The van der Waals surface area contributed by atoms with Gasteiger partial charge in [-0.15, -0.1) is 0 Å². The summed E-state index contributed by atoms with van der Waals surface area (Å²) in [5, 5.41) is 3.39. The average molecular weight is 296 g/mol. The largest absolute Gasteiger partial charge is 0.374 e. The maximum atomic E-state index is 5.77. The third-order valence-corrected chi connectivity index (χ3v) is 3.07. The van der Waals surface area contributed by atoms with Crippen LogP contribution < -0.4 is 5.32 Å². The van der Waals surface area contributed by atoms with Crippen LogP contribution >= 0.6 is 0 Å². The Bertz CT molecular complexity index is 317. The molecule has 1 rings (SSSR count). The summed E-state index contributed by atoms with van der Waals surface area (Å²) in [5.41, 5.74) is 2.64. The van der Waals surface area contributed by atoms with Crippen LogP contribution in [0.15, 0.2) is 24.3 Å². The van der Waals surface area contributed by atoms with Gasteiger partial charge in [0, 0.05) is 13.1 Å². The topological polar surface area (TPSA) is 21.3 Å². The Morgan fingerprint density at radius 3 is 2.00 bits per heavy atom. The van der Waals surface area contributed by atoms with E-state index < -0.39 is 0 Å². The molecule has 0 fully saturated rings. The Kier molecular flexibility index (Phi) is 15.0. The Balaban J connectivity index is 0. The zero-order valence-corrected chi connectivity index (χ0v) is 15.5. The number of hydrogen-bond acceptors (Lipinski definition) is 2. The smallest absolute Gasteiger partial charge is 0.0624 e. The number of ether oxygens (including phenoxy) is 1. The van der Waals surface area contributed by atoms with Crippen molar-refractivity contribution in [3.63, 3.8) is 0 Å². The monoisotopic (exact) mass is 295 g/mol. The van der Waals surface area contributed by atoms with Crippen LogP contribution in [0.4, 0.5) is 0 Å². The first-order valence-corrected chi connectivity index (χ1v) is 8.44. The van der Waals surface area contributed by atoms with E-state index in [1.807, 2.05) is 27.7 Å². The summed E-state index contributed by atoms with van der Waals surface area (Å²) >= 11 is 0. The Morgan fingerprint density at radius 2 is 1.52 bits per heavy atom. The van der Waals surface area contributed by atoms with Crippen LogP contribution in [0, 0.1) is 6.92 Å². The summed E-state index contributed by atoms with van der Waals surface area (Å²) < 4.78 is 5.77. The lowest BCUT2D eigenvalue weighted by Crippen LogP contribution is -2.28. The van der Waals surface area contributed by atoms with Crippen molar-refractivity contribution in [2.75, 3.05) is 13.2 Å². The summed E-state index contributed by atoms with van der Waals surface area (Å²) in [7, 11) is 0. The number of benzene rings is 1. The molecule has 21 heavy (non-hydrogen) atoms. The van der Waals surface area contributed by atoms with Crippen LogP contribution in [0.25, 0.3) is 0 Å². The number of rotatable bonds is 7. The zero-order valence-electron chi connectivity index (χ0n) is 15.5. The maximum absolute atomic E-state index is 5.77. The van der Waals surface area contributed by atoms with Crippen LogP contribution in [0.3, 0.4) is 0 Å². The number of aryl methyl sites for hydroxylation is 1. The van der Waals surface area contributed by atoms with E-state index in [1.54, 1.807) is 0 Å². The van der Waals surface area contributed by atoms with E-state index in [1.165, 1.54) is 11.1 Å². The molecule has 124 valence electrons. The fraction of sp³-hybridized carbons (Fsp3) is 0.684. The van der Waals surface area contributed by atoms with E-state index in [0.717, 1.165) is 26.1 Å². The second-order valence-corrected chi connectivity index (χ2v) is 5.12. The van der Waals surface area contributed by atoms with Crippen LogP contribution in [0.1, 0.15) is 66.0 Å². The minimum atomic E-state index is 0.00550. The molecule has 0 saturated heterocycles. The standard InChI is InChI=1S/C15H25NO.2C2H6/c1-5-15(3,4)17-11-10-16-12-14-8-6-13(2)7-9-14;2*1-2/h6-9,16H,5,10-12H2,1-4H3;2*1-2H3. The molecule has 0 amide bonds. The van der Waals surface area contributed by atoms with Crippen molar-refractivity contribution in [3.8, 4) is 0 Å². The van der Waals surface area contributed by atoms with Crippen molar-refractivity contribution in [2.24, 2.45) is 0 Å². The van der Waals surface area contributed by atoms with Gasteiger partial charge in [0.1, 0.15) is 0 Å². The predicted molar refractivity (Wildman–Crippen MR) is 95.9 cm³/mol. The predicted octanol–water partition coefficient (Wildman–Crippen LogP) is 5.34. The average Bonchev–Trinajstić information content (AvgIpc) is 2.53. The van der Waals surface area contributed by atoms with Gasteiger partial charge < -0.3 is 10.1 Å². The Morgan fingerprint density at radius 1 is 1.00 bits per heavy atom. The van der Waals surface area contributed by atoms with Crippen LogP contribution in [0.2, 0.25) is 0 Å². The van der Waals surface area contributed by atoms with Crippen molar-refractivity contribution in [2.45, 2.75) is 74.0 Å². The van der Waals surface area contributed by atoms with E-state index >= 15 is 0 Å². The maximum Gasteiger partial charge on any atom is 0.0624 e. The third-order valence-electron chi connectivity index (χ3n) is 3.07. The molecule has 0 radical (unpaired) electrons. The number of hydrogen-bond donors (Lipinski definition) is 1. The molecule has 1 aromatic carbocycles. The molecule has 0 aromatic heterocycles. The Labute approximate surface area is 133 Å². The highest BCUT2D eigenvalue weighted by molar-refractivity contribution is 5.20. The second-order valence-electron chi connectivity index (χ2n) is 5.12. The molecular weight excluding hydrogens is 258 g/mol. The molecule has 2 heteroatoms. The highest BCUT2D eigenvalue weighted by atomic mass is 16.5. The normalized spacial score (nSPS) is 10.1. The summed E-state index contributed by atoms with van der Waals surface area (Å²) in [6.07, 6.45) is 1.05. The molecule has 0 atom stereocenters. The molecule has 0 heterocycles. The van der Waals surface area contributed by atoms with Crippen molar-refractivity contribution in [1.29, 1.82) is 0 Å². The van der Waals surface area contributed by atoms with Gasteiger partial charge in [0.15, 0.2) is 0 Å². The first kappa shape index (κ1) is 22.4.